The Hall–Kier alpha value is -1.36. The molecular formula is C11H19N3O2. The highest BCUT2D eigenvalue weighted by molar-refractivity contribution is 5.32. The molecule has 1 heterocycles. The molecule has 0 bridgehead atoms. The van der Waals surface area contributed by atoms with E-state index >= 15 is 0 Å². The summed E-state index contributed by atoms with van der Waals surface area (Å²) < 4.78 is 1.57. The van der Waals surface area contributed by atoms with E-state index in [1.807, 2.05) is 20.8 Å². The maximum atomic E-state index is 11.8. The van der Waals surface area contributed by atoms with Crippen LogP contribution in [0.1, 0.15) is 20.8 Å². The van der Waals surface area contributed by atoms with Gasteiger partial charge in [-0.1, -0.05) is 13.8 Å². The molecule has 0 aromatic carbocycles. The Bertz CT molecular complexity index is 387. The molecule has 2 N–H and O–H groups in total. The normalized spacial score (nSPS) is 12.8. The van der Waals surface area contributed by atoms with Crippen molar-refractivity contribution in [2.45, 2.75) is 33.4 Å². The van der Waals surface area contributed by atoms with Crippen molar-refractivity contribution in [1.29, 1.82) is 0 Å². The molecule has 0 aliphatic rings. The number of nitrogens with zero attached hydrogens (tertiary/aromatic N) is 2. The van der Waals surface area contributed by atoms with E-state index in [-0.39, 0.29) is 24.1 Å². The molecule has 1 rings (SSSR count). The summed E-state index contributed by atoms with van der Waals surface area (Å²) in [5.41, 5.74) is -0.149. The quantitative estimate of drug-likeness (QED) is 0.773. The molecule has 5 nitrogen and oxygen atoms in total. The molecule has 0 saturated heterocycles. The fourth-order valence-electron chi connectivity index (χ4n) is 1.39. The average Bonchev–Trinajstić information content (AvgIpc) is 2.27. The molecular weight excluding hydrogens is 206 g/mol. The molecule has 0 spiro atoms. The van der Waals surface area contributed by atoms with Crippen molar-refractivity contribution in [3.63, 3.8) is 0 Å². The minimum absolute atomic E-state index is 0.0141. The summed E-state index contributed by atoms with van der Waals surface area (Å²) in [5.74, 6) is 0.540. The van der Waals surface area contributed by atoms with Gasteiger partial charge in [0.05, 0.1) is 12.6 Å². The molecule has 0 radical (unpaired) electrons. The molecule has 1 atom stereocenters. The fraction of sp³-hybridized carbons (Fsp3) is 0.636. The Morgan fingerprint density at radius 3 is 2.75 bits per heavy atom. The Morgan fingerprint density at radius 1 is 1.56 bits per heavy atom. The highest BCUT2D eigenvalue weighted by Gasteiger charge is 2.14. The average molecular weight is 225 g/mol. The smallest absolute Gasteiger partial charge is 0.293 e. The van der Waals surface area contributed by atoms with Crippen molar-refractivity contribution < 1.29 is 5.11 Å². The van der Waals surface area contributed by atoms with Crippen LogP contribution < -0.4 is 10.9 Å². The van der Waals surface area contributed by atoms with E-state index in [1.165, 1.54) is 0 Å². The van der Waals surface area contributed by atoms with Crippen molar-refractivity contribution >= 4 is 5.82 Å². The molecule has 5 heteroatoms. The van der Waals surface area contributed by atoms with E-state index in [0.29, 0.717) is 12.4 Å². The lowest BCUT2D eigenvalue weighted by atomic mass is 10.1. The lowest BCUT2D eigenvalue weighted by molar-refractivity contribution is 0.249. The first kappa shape index (κ1) is 12.7. The van der Waals surface area contributed by atoms with E-state index in [1.54, 1.807) is 17.0 Å². The highest BCUT2D eigenvalue weighted by Crippen LogP contribution is 2.06. The first-order chi connectivity index (χ1) is 7.60. The van der Waals surface area contributed by atoms with Crippen LogP contribution >= 0.6 is 0 Å². The topological polar surface area (TPSA) is 67.2 Å². The van der Waals surface area contributed by atoms with Gasteiger partial charge >= 0.3 is 0 Å². The van der Waals surface area contributed by atoms with Gasteiger partial charge in [0.2, 0.25) is 0 Å². The SMILES string of the molecule is CCn1ccnc(NC(CO)C(C)C)c1=O. The Balaban J connectivity index is 2.93. The lowest BCUT2D eigenvalue weighted by Gasteiger charge is -2.20. The first-order valence-electron chi connectivity index (χ1n) is 5.53. The number of anilines is 1. The molecule has 1 aromatic rings. The van der Waals surface area contributed by atoms with Crippen LogP contribution in [0.4, 0.5) is 5.82 Å². The summed E-state index contributed by atoms with van der Waals surface area (Å²) in [4.78, 5) is 15.8. The van der Waals surface area contributed by atoms with Crippen molar-refractivity contribution in [3.05, 3.63) is 22.7 Å². The van der Waals surface area contributed by atoms with Gasteiger partial charge < -0.3 is 15.0 Å². The van der Waals surface area contributed by atoms with Gasteiger partial charge in [-0.3, -0.25) is 4.79 Å². The van der Waals surface area contributed by atoms with Gasteiger partial charge in [0, 0.05) is 18.9 Å². The third-order valence-electron chi connectivity index (χ3n) is 2.58. The summed E-state index contributed by atoms with van der Waals surface area (Å²) in [6.45, 7) is 6.46. The zero-order chi connectivity index (χ0) is 12.1. The van der Waals surface area contributed by atoms with Crippen molar-refractivity contribution in [3.8, 4) is 0 Å². The zero-order valence-corrected chi connectivity index (χ0v) is 9.97. The minimum atomic E-state index is -0.149. The van der Waals surface area contributed by atoms with Gasteiger partial charge in [0.15, 0.2) is 5.82 Å². The van der Waals surface area contributed by atoms with Crippen molar-refractivity contribution in [2.75, 3.05) is 11.9 Å². The first-order valence-corrected chi connectivity index (χ1v) is 5.53. The van der Waals surface area contributed by atoms with Gasteiger partial charge in [0.1, 0.15) is 0 Å². The van der Waals surface area contributed by atoms with Gasteiger partial charge in [-0.2, -0.15) is 0 Å². The lowest BCUT2D eigenvalue weighted by Crippen LogP contribution is -2.34. The summed E-state index contributed by atoms with van der Waals surface area (Å²) in [5, 5.41) is 12.2. The van der Waals surface area contributed by atoms with E-state index in [9.17, 15) is 9.90 Å². The largest absolute Gasteiger partial charge is 0.394 e. The van der Waals surface area contributed by atoms with Crippen LogP contribution in [-0.4, -0.2) is 27.3 Å². The second-order valence-corrected chi connectivity index (χ2v) is 4.04. The van der Waals surface area contributed by atoms with Crippen LogP contribution in [0.15, 0.2) is 17.2 Å². The number of aliphatic hydroxyl groups is 1. The van der Waals surface area contributed by atoms with E-state index in [4.69, 9.17) is 0 Å². The molecule has 1 unspecified atom stereocenters. The number of hydrogen-bond acceptors (Lipinski definition) is 4. The van der Waals surface area contributed by atoms with Crippen LogP contribution in [0, 0.1) is 5.92 Å². The molecule has 0 aliphatic carbocycles. The predicted molar refractivity (Wildman–Crippen MR) is 63.5 cm³/mol. The number of nitrogens with one attached hydrogen (secondary N) is 1. The molecule has 16 heavy (non-hydrogen) atoms. The second kappa shape index (κ2) is 5.65. The number of aromatic nitrogens is 2. The predicted octanol–water partition coefficient (Wildman–Crippen LogP) is 0.692. The molecule has 0 saturated carbocycles. The Morgan fingerprint density at radius 2 is 2.25 bits per heavy atom. The number of hydrogen-bond donors (Lipinski definition) is 2. The monoisotopic (exact) mass is 225 g/mol. The summed E-state index contributed by atoms with van der Waals surface area (Å²) >= 11 is 0. The molecule has 0 amide bonds. The van der Waals surface area contributed by atoms with Gasteiger partial charge in [-0.05, 0) is 12.8 Å². The van der Waals surface area contributed by atoms with Gasteiger partial charge in [-0.15, -0.1) is 0 Å². The summed E-state index contributed by atoms with van der Waals surface area (Å²) in [7, 11) is 0. The van der Waals surface area contributed by atoms with E-state index < -0.39 is 0 Å². The van der Waals surface area contributed by atoms with Crippen molar-refractivity contribution in [1.82, 2.24) is 9.55 Å². The minimum Gasteiger partial charge on any atom is -0.394 e. The Kier molecular flexibility index (Phi) is 4.49. The van der Waals surface area contributed by atoms with E-state index in [0.717, 1.165) is 0 Å². The van der Waals surface area contributed by atoms with Crippen LogP contribution in [0.5, 0.6) is 0 Å². The molecule has 0 aliphatic heterocycles. The highest BCUT2D eigenvalue weighted by atomic mass is 16.3. The standard InChI is InChI=1S/C11H19N3O2/c1-4-14-6-5-12-10(11(14)16)13-9(7-15)8(2)3/h5-6,8-9,15H,4,7H2,1-3H3,(H,12,13). The zero-order valence-electron chi connectivity index (χ0n) is 9.97. The number of aryl methyl sites for hydroxylation is 1. The number of rotatable bonds is 5. The molecule has 0 fully saturated rings. The van der Waals surface area contributed by atoms with Crippen LogP contribution in [-0.2, 0) is 6.54 Å². The number of aliphatic hydroxyl groups excluding tert-OH is 1. The third-order valence-corrected chi connectivity index (χ3v) is 2.58. The maximum Gasteiger partial charge on any atom is 0.293 e. The second-order valence-electron chi connectivity index (χ2n) is 4.04. The van der Waals surface area contributed by atoms with Crippen LogP contribution in [0.2, 0.25) is 0 Å². The third kappa shape index (κ3) is 2.82. The molecule has 90 valence electrons. The van der Waals surface area contributed by atoms with Gasteiger partial charge in [0.25, 0.3) is 5.56 Å². The van der Waals surface area contributed by atoms with Crippen LogP contribution in [0.25, 0.3) is 0 Å². The summed E-state index contributed by atoms with van der Waals surface area (Å²) in [6, 6.07) is -0.145. The van der Waals surface area contributed by atoms with Crippen molar-refractivity contribution in [2.24, 2.45) is 5.92 Å². The maximum absolute atomic E-state index is 11.8. The molecule has 1 aromatic heterocycles. The summed E-state index contributed by atoms with van der Waals surface area (Å²) in [6.07, 6.45) is 3.23. The van der Waals surface area contributed by atoms with Gasteiger partial charge in [-0.25, -0.2) is 4.98 Å². The Labute approximate surface area is 95.1 Å². The van der Waals surface area contributed by atoms with E-state index in [2.05, 4.69) is 10.3 Å². The van der Waals surface area contributed by atoms with Crippen LogP contribution in [0.3, 0.4) is 0 Å². The fourth-order valence-corrected chi connectivity index (χ4v) is 1.39.